The second-order valence-electron chi connectivity index (χ2n) is 8.78. The third kappa shape index (κ3) is 7.05. The summed E-state index contributed by atoms with van der Waals surface area (Å²) >= 11 is 1.42. The molecule has 0 bridgehead atoms. The molecule has 1 aromatic heterocycles. The van der Waals surface area contributed by atoms with Crippen LogP contribution >= 0.6 is 11.3 Å². The number of aromatic nitrogens is 1. The second-order valence-corrected chi connectivity index (χ2v) is 9.72. The Kier molecular flexibility index (Phi) is 9.09. The first kappa shape index (κ1) is 24.2. The van der Waals surface area contributed by atoms with Crippen molar-refractivity contribution in [2.75, 3.05) is 0 Å². The minimum atomic E-state index is -0.187. The van der Waals surface area contributed by atoms with Gasteiger partial charge in [-0.25, -0.2) is 4.98 Å². The Morgan fingerprint density at radius 3 is 2.47 bits per heavy atom. The normalized spacial score (nSPS) is 18.4. The number of hydrogen-bond donors (Lipinski definition) is 2. The largest absolute Gasteiger partial charge is 0.486 e. The van der Waals surface area contributed by atoms with E-state index < -0.39 is 0 Å². The van der Waals surface area contributed by atoms with E-state index in [9.17, 15) is 9.59 Å². The number of rotatable bonds is 10. The Morgan fingerprint density at radius 2 is 1.81 bits per heavy atom. The first-order valence-electron chi connectivity index (χ1n) is 11.7. The molecular weight excluding hydrogens is 422 g/mol. The van der Waals surface area contributed by atoms with Crippen molar-refractivity contribution in [2.45, 2.75) is 90.3 Å². The van der Waals surface area contributed by atoms with Crippen molar-refractivity contribution < 1.29 is 14.3 Å². The molecule has 2 amide bonds. The fraction of sp³-hybridized carbons (Fsp3) is 0.560. The molecule has 3 rings (SSSR count). The predicted molar refractivity (Wildman–Crippen MR) is 128 cm³/mol. The van der Waals surface area contributed by atoms with Gasteiger partial charge in [-0.15, -0.1) is 11.3 Å². The van der Waals surface area contributed by atoms with Crippen LogP contribution in [0.25, 0.3) is 0 Å². The van der Waals surface area contributed by atoms with E-state index in [1.807, 2.05) is 12.1 Å². The zero-order chi connectivity index (χ0) is 22.9. The summed E-state index contributed by atoms with van der Waals surface area (Å²) in [7, 11) is 0. The lowest BCUT2D eigenvalue weighted by Crippen LogP contribution is -2.53. The SMILES string of the molecule is CCCCC(=O)NC1CCCCC1NC(=O)c1csc(COc2ccc(C(C)C)cc2)n1. The molecule has 1 fully saturated rings. The lowest BCUT2D eigenvalue weighted by Gasteiger charge is -2.32. The lowest BCUT2D eigenvalue weighted by atomic mass is 9.90. The third-order valence-corrected chi connectivity index (χ3v) is 6.70. The number of thiazole rings is 1. The molecule has 1 aliphatic rings. The first-order chi connectivity index (χ1) is 15.5. The Hall–Kier alpha value is -2.41. The van der Waals surface area contributed by atoms with Gasteiger partial charge in [-0.1, -0.05) is 52.2 Å². The van der Waals surface area contributed by atoms with Crippen molar-refractivity contribution in [3.63, 3.8) is 0 Å². The summed E-state index contributed by atoms with van der Waals surface area (Å²) in [6.45, 7) is 6.73. The molecule has 0 saturated heterocycles. The van der Waals surface area contributed by atoms with Gasteiger partial charge < -0.3 is 15.4 Å². The molecule has 2 unspecified atom stereocenters. The summed E-state index contributed by atoms with van der Waals surface area (Å²) in [4.78, 5) is 29.4. The van der Waals surface area contributed by atoms with Gasteiger partial charge in [-0.2, -0.15) is 0 Å². The van der Waals surface area contributed by atoms with E-state index in [4.69, 9.17) is 4.74 Å². The van der Waals surface area contributed by atoms with E-state index in [2.05, 4.69) is 48.5 Å². The van der Waals surface area contributed by atoms with Crippen molar-refractivity contribution in [1.82, 2.24) is 15.6 Å². The highest BCUT2D eigenvalue weighted by Crippen LogP contribution is 2.22. The van der Waals surface area contributed by atoms with Crippen LogP contribution in [-0.4, -0.2) is 28.9 Å². The Labute approximate surface area is 195 Å². The van der Waals surface area contributed by atoms with Gasteiger partial charge in [0.25, 0.3) is 5.91 Å². The summed E-state index contributed by atoms with van der Waals surface area (Å²) in [6.07, 6.45) is 6.33. The van der Waals surface area contributed by atoms with Crippen LogP contribution < -0.4 is 15.4 Å². The maximum Gasteiger partial charge on any atom is 0.271 e. The van der Waals surface area contributed by atoms with Gasteiger partial charge in [-0.3, -0.25) is 9.59 Å². The average Bonchev–Trinajstić information content (AvgIpc) is 3.27. The number of carbonyl (C=O) groups is 2. The van der Waals surface area contributed by atoms with Crippen molar-refractivity contribution in [1.29, 1.82) is 0 Å². The minimum absolute atomic E-state index is 0.00712. The van der Waals surface area contributed by atoms with Crippen LogP contribution in [0.5, 0.6) is 5.75 Å². The Balaban J connectivity index is 1.52. The molecule has 7 heteroatoms. The molecule has 0 spiro atoms. The number of nitrogens with one attached hydrogen (secondary N) is 2. The Morgan fingerprint density at radius 1 is 1.12 bits per heavy atom. The molecule has 0 radical (unpaired) electrons. The smallest absolute Gasteiger partial charge is 0.271 e. The molecule has 6 nitrogen and oxygen atoms in total. The second kappa shape index (κ2) is 12.0. The standard InChI is InChI=1S/C25H35N3O3S/c1-4-5-10-23(29)26-20-8-6-7-9-21(20)28-25(30)22-16-32-24(27-22)15-31-19-13-11-18(12-14-19)17(2)3/h11-14,16-17,20-21H,4-10,15H2,1-3H3,(H,26,29)(H,28,30). The van der Waals surface area contributed by atoms with E-state index in [0.29, 0.717) is 24.6 Å². The van der Waals surface area contributed by atoms with Crippen LogP contribution in [-0.2, 0) is 11.4 Å². The van der Waals surface area contributed by atoms with Gasteiger partial charge in [0.05, 0.1) is 0 Å². The molecule has 2 N–H and O–H groups in total. The Bertz CT molecular complexity index is 879. The lowest BCUT2D eigenvalue weighted by molar-refractivity contribution is -0.122. The van der Waals surface area contributed by atoms with Crippen LogP contribution in [0.3, 0.4) is 0 Å². The molecule has 2 atom stereocenters. The van der Waals surface area contributed by atoms with Gasteiger partial charge in [0.1, 0.15) is 23.1 Å². The number of hydrogen-bond acceptors (Lipinski definition) is 5. The zero-order valence-corrected chi connectivity index (χ0v) is 20.2. The van der Waals surface area contributed by atoms with E-state index in [-0.39, 0.29) is 23.9 Å². The van der Waals surface area contributed by atoms with Gasteiger partial charge in [-0.05, 0) is 42.9 Å². The van der Waals surface area contributed by atoms with Crippen molar-refractivity contribution in [3.05, 3.63) is 45.9 Å². The molecule has 1 saturated carbocycles. The number of benzene rings is 1. The topological polar surface area (TPSA) is 80.3 Å². The highest BCUT2D eigenvalue weighted by Gasteiger charge is 2.28. The molecule has 0 aliphatic heterocycles. The van der Waals surface area contributed by atoms with E-state index in [1.54, 1.807) is 5.38 Å². The van der Waals surface area contributed by atoms with Crippen LogP contribution in [0.2, 0.25) is 0 Å². The zero-order valence-electron chi connectivity index (χ0n) is 19.4. The first-order valence-corrected chi connectivity index (χ1v) is 12.6. The molecular formula is C25H35N3O3S. The molecule has 1 aliphatic carbocycles. The van der Waals surface area contributed by atoms with Crippen LogP contribution in [0.1, 0.15) is 92.7 Å². The average molecular weight is 458 g/mol. The number of nitrogens with zero attached hydrogens (tertiary/aromatic N) is 1. The molecule has 1 heterocycles. The number of unbranched alkanes of at least 4 members (excludes halogenated alkanes) is 1. The highest BCUT2D eigenvalue weighted by molar-refractivity contribution is 7.09. The molecule has 1 aromatic carbocycles. The van der Waals surface area contributed by atoms with Crippen molar-refractivity contribution >= 4 is 23.2 Å². The fourth-order valence-corrected chi connectivity index (χ4v) is 4.60. The summed E-state index contributed by atoms with van der Waals surface area (Å²) in [5.74, 6) is 1.16. The van der Waals surface area contributed by atoms with Gasteiger partial charge in [0, 0.05) is 23.9 Å². The maximum absolute atomic E-state index is 12.8. The highest BCUT2D eigenvalue weighted by atomic mass is 32.1. The van der Waals surface area contributed by atoms with Gasteiger partial charge in [0.15, 0.2) is 0 Å². The maximum atomic E-state index is 12.8. The number of ether oxygens (including phenoxy) is 1. The number of carbonyl (C=O) groups excluding carboxylic acids is 2. The van der Waals surface area contributed by atoms with Crippen LogP contribution in [0.15, 0.2) is 29.6 Å². The predicted octanol–water partition coefficient (Wildman–Crippen LogP) is 5.19. The van der Waals surface area contributed by atoms with Gasteiger partial charge >= 0.3 is 0 Å². The quantitative estimate of drug-likeness (QED) is 0.514. The van der Waals surface area contributed by atoms with Crippen molar-refractivity contribution in [2.24, 2.45) is 0 Å². The molecule has 2 aromatic rings. The summed E-state index contributed by atoms with van der Waals surface area (Å²) in [6, 6.07) is 8.02. The van der Waals surface area contributed by atoms with Crippen LogP contribution in [0.4, 0.5) is 0 Å². The molecule has 32 heavy (non-hydrogen) atoms. The number of amides is 2. The molecule has 174 valence electrons. The summed E-state index contributed by atoms with van der Waals surface area (Å²) in [5, 5.41) is 8.76. The van der Waals surface area contributed by atoms with Gasteiger partial charge in [0.2, 0.25) is 5.91 Å². The van der Waals surface area contributed by atoms with Crippen LogP contribution in [0, 0.1) is 0 Å². The third-order valence-electron chi connectivity index (χ3n) is 5.88. The summed E-state index contributed by atoms with van der Waals surface area (Å²) < 4.78 is 5.83. The van der Waals surface area contributed by atoms with E-state index >= 15 is 0 Å². The monoisotopic (exact) mass is 457 g/mol. The van der Waals surface area contributed by atoms with Crippen molar-refractivity contribution in [3.8, 4) is 5.75 Å². The van der Waals surface area contributed by atoms with E-state index in [0.717, 1.165) is 49.3 Å². The summed E-state index contributed by atoms with van der Waals surface area (Å²) in [5.41, 5.74) is 1.68. The fourth-order valence-electron chi connectivity index (χ4n) is 3.91. The van der Waals surface area contributed by atoms with E-state index in [1.165, 1.54) is 16.9 Å². The minimum Gasteiger partial charge on any atom is -0.486 e.